The molecular weight excluding hydrogens is 347 g/mol. The molecule has 0 spiro atoms. The van der Waals surface area contributed by atoms with Crippen molar-refractivity contribution in [2.24, 2.45) is 13.0 Å². The molecule has 0 saturated heterocycles. The van der Waals surface area contributed by atoms with E-state index in [1.54, 1.807) is 14.0 Å². The van der Waals surface area contributed by atoms with E-state index in [-0.39, 0.29) is 29.7 Å². The van der Waals surface area contributed by atoms with Gasteiger partial charge >= 0.3 is 6.18 Å². The smallest absolute Gasteiger partial charge is 0.350 e. The largest absolute Gasteiger partial charge is 0.433 e. The van der Waals surface area contributed by atoms with Crippen LogP contribution in [0.5, 0.6) is 0 Å². The molecule has 2 rings (SSSR count). The summed E-state index contributed by atoms with van der Waals surface area (Å²) in [6.45, 7) is 3.43. The Morgan fingerprint density at radius 3 is 2.67 bits per heavy atom. The molecule has 0 aliphatic rings. The molecule has 132 valence electrons. The molecule has 1 N–H and O–H groups in total. The zero-order chi connectivity index (χ0) is 18.1. The number of alkyl halides is 3. The second-order valence-corrected chi connectivity index (χ2v) is 6.04. The molecule has 0 unspecified atom stereocenters. The minimum absolute atomic E-state index is 0.0298. The lowest BCUT2D eigenvalue weighted by molar-refractivity contribution is -0.144. The highest BCUT2D eigenvalue weighted by molar-refractivity contribution is 6.33. The normalized spacial score (nSPS) is 13.1. The Kier molecular flexibility index (Phi) is 5.22. The van der Waals surface area contributed by atoms with Crippen LogP contribution in [0.2, 0.25) is 5.02 Å². The van der Waals surface area contributed by atoms with E-state index in [2.05, 4.69) is 15.5 Å². The molecule has 24 heavy (non-hydrogen) atoms. The highest BCUT2D eigenvalue weighted by Crippen LogP contribution is 2.30. The van der Waals surface area contributed by atoms with Gasteiger partial charge in [-0.3, -0.25) is 14.2 Å². The Hall–Kier alpha value is -2.03. The van der Waals surface area contributed by atoms with Crippen LogP contribution in [-0.2, 0) is 19.8 Å². The van der Waals surface area contributed by atoms with Gasteiger partial charge in [0, 0.05) is 20.1 Å². The van der Waals surface area contributed by atoms with Crippen LogP contribution in [0.25, 0.3) is 0 Å². The second kappa shape index (κ2) is 6.84. The number of hydrogen-bond donors (Lipinski definition) is 1. The Bertz CT molecular complexity index is 718. The predicted octanol–water partition coefficient (Wildman–Crippen LogP) is 2.66. The van der Waals surface area contributed by atoms with Gasteiger partial charge in [-0.2, -0.15) is 23.4 Å². The summed E-state index contributed by atoms with van der Waals surface area (Å²) in [4.78, 5) is 12.1. The van der Waals surface area contributed by atoms with Crippen LogP contribution in [0.15, 0.2) is 12.3 Å². The van der Waals surface area contributed by atoms with Crippen LogP contribution in [0.3, 0.4) is 0 Å². The first-order chi connectivity index (χ1) is 11.1. The molecule has 0 aliphatic heterocycles. The molecule has 10 heteroatoms. The van der Waals surface area contributed by atoms with E-state index < -0.39 is 17.8 Å². The maximum atomic E-state index is 12.9. The molecule has 0 bridgehead atoms. The molecule has 6 nitrogen and oxygen atoms in total. The minimum atomic E-state index is -4.47. The quantitative estimate of drug-likeness (QED) is 0.888. The Balaban J connectivity index is 2.00. The first-order valence-corrected chi connectivity index (χ1v) is 7.54. The average molecular weight is 364 g/mol. The number of aromatic nitrogens is 4. The highest BCUT2D eigenvalue weighted by Gasteiger charge is 2.35. The van der Waals surface area contributed by atoms with Crippen molar-refractivity contribution in [1.29, 1.82) is 0 Å². The fraction of sp³-hybridized carbons (Fsp3) is 0.500. The van der Waals surface area contributed by atoms with Gasteiger partial charge in [0.2, 0.25) is 0 Å². The maximum absolute atomic E-state index is 12.9. The van der Waals surface area contributed by atoms with Crippen molar-refractivity contribution in [1.82, 2.24) is 24.9 Å². The molecular formula is C14H17ClF3N5O. The second-order valence-electron chi connectivity index (χ2n) is 5.63. The van der Waals surface area contributed by atoms with Gasteiger partial charge in [-0.1, -0.05) is 18.5 Å². The van der Waals surface area contributed by atoms with Crippen LogP contribution in [0.1, 0.15) is 28.8 Å². The van der Waals surface area contributed by atoms with Crippen molar-refractivity contribution in [2.45, 2.75) is 26.6 Å². The molecule has 0 radical (unpaired) electrons. The van der Waals surface area contributed by atoms with Crippen LogP contribution < -0.4 is 5.32 Å². The Morgan fingerprint density at radius 1 is 1.46 bits per heavy atom. The van der Waals surface area contributed by atoms with Gasteiger partial charge in [-0.05, 0) is 18.9 Å². The summed E-state index contributed by atoms with van der Waals surface area (Å²) in [5.74, 6) is -0.694. The van der Waals surface area contributed by atoms with Crippen molar-refractivity contribution in [3.05, 3.63) is 34.4 Å². The molecule has 1 amide bonds. The molecule has 2 aromatic heterocycles. The van der Waals surface area contributed by atoms with Crippen molar-refractivity contribution in [3.8, 4) is 0 Å². The number of carbonyl (C=O) groups excluding carboxylic acids is 1. The fourth-order valence-electron chi connectivity index (χ4n) is 2.29. The zero-order valence-electron chi connectivity index (χ0n) is 13.4. The predicted molar refractivity (Wildman–Crippen MR) is 81.7 cm³/mol. The van der Waals surface area contributed by atoms with Gasteiger partial charge in [-0.15, -0.1) is 0 Å². The van der Waals surface area contributed by atoms with Gasteiger partial charge < -0.3 is 5.32 Å². The van der Waals surface area contributed by atoms with Gasteiger partial charge in [0.25, 0.3) is 5.91 Å². The van der Waals surface area contributed by atoms with E-state index in [4.69, 9.17) is 11.6 Å². The molecule has 0 fully saturated rings. The maximum Gasteiger partial charge on any atom is 0.433 e. The number of rotatable bonds is 5. The monoisotopic (exact) mass is 363 g/mol. The molecule has 0 aliphatic carbocycles. The van der Waals surface area contributed by atoms with Gasteiger partial charge in [-0.25, -0.2) is 0 Å². The first kappa shape index (κ1) is 18.3. The number of nitrogens with one attached hydrogen (secondary N) is 1. The van der Waals surface area contributed by atoms with Crippen molar-refractivity contribution >= 4 is 17.5 Å². The molecule has 0 aromatic carbocycles. The topological polar surface area (TPSA) is 64.7 Å². The summed E-state index contributed by atoms with van der Waals surface area (Å²) in [5, 5.41) is 10.6. The van der Waals surface area contributed by atoms with E-state index in [0.717, 1.165) is 10.7 Å². The third kappa shape index (κ3) is 4.08. The highest BCUT2D eigenvalue weighted by atomic mass is 35.5. The van der Waals surface area contributed by atoms with E-state index in [0.29, 0.717) is 5.69 Å². The SMILES string of the molecule is Cc1cc(C(F)(F)F)n(C[C@@H](C)CNC(=O)c2c(Cl)cnn2C)n1. The van der Waals surface area contributed by atoms with Crippen LogP contribution in [0.4, 0.5) is 13.2 Å². The third-order valence-corrected chi connectivity index (χ3v) is 3.67. The van der Waals surface area contributed by atoms with E-state index in [1.165, 1.54) is 17.8 Å². The molecule has 2 aromatic rings. The molecule has 1 atom stereocenters. The number of amides is 1. The fourth-order valence-corrected chi connectivity index (χ4v) is 2.54. The summed E-state index contributed by atoms with van der Waals surface area (Å²) < 4.78 is 41.1. The standard InChI is InChI=1S/C14H17ClF3N5O/c1-8(5-19-13(24)12-10(15)6-20-22(12)3)7-23-11(14(16,17)18)4-9(2)21-23/h4,6,8H,5,7H2,1-3H3,(H,19,24)/t8-/m0/s1. The lowest BCUT2D eigenvalue weighted by Gasteiger charge is -2.16. The van der Waals surface area contributed by atoms with Crippen molar-refractivity contribution < 1.29 is 18.0 Å². The van der Waals surface area contributed by atoms with Crippen molar-refractivity contribution in [3.63, 3.8) is 0 Å². The number of halogens is 4. The first-order valence-electron chi connectivity index (χ1n) is 7.17. The molecule has 0 saturated carbocycles. The van der Waals surface area contributed by atoms with Crippen molar-refractivity contribution in [2.75, 3.05) is 6.54 Å². The van der Waals surface area contributed by atoms with Crippen LogP contribution in [0, 0.1) is 12.8 Å². The van der Waals surface area contributed by atoms with E-state index in [9.17, 15) is 18.0 Å². The third-order valence-electron chi connectivity index (χ3n) is 3.40. The lowest BCUT2D eigenvalue weighted by atomic mass is 10.1. The summed E-state index contributed by atoms with van der Waals surface area (Å²) in [7, 11) is 1.58. The van der Waals surface area contributed by atoms with E-state index >= 15 is 0 Å². The number of aryl methyl sites for hydroxylation is 2. The Morgan fingerprint density at radius 2 is 2.12 bits per heavy atom. The van der Waals surface area contributed by atoms with E-state index in [1.807, 2.05) is 0 Å². The summed E-state index contributed by atoms with van der Waals surface area (Å²) in [6, 6.07) is 1.00. The van der Waals surface area contributed by atoms with Crippen LogP contribution >= 0.6 is 11.6 Å². The van der Waals surface area contributed by atoms with Gasteiger partial charge in [0.15, 0.2) is 0 Å². The van der Waals surface area contributed by atoms with Gasteiger partial charge in [0.05, 0.1) is 16.9 Å². The number of hydrogen-bond acceptors (Lipinski definition) is 3. The lowest BCUT2D eigenvalue weighted by Crippen LogP contribution is -2.32. The van der Waals surface area contributed by atoms with Crippen LogP contribution in [-0.4, -0.2) is 32.0 Å². The summed E-state index contributed by atoms with van der Waals surface area (Å²) >= 11 is 5.88. The number of carbonyl (C=O) groups is 1. The average Bonchev–Trinajstić information content (AvgIpc) is 2.99. The van der Waals surface area contributed by atoms with Gasteiger partial charge in [0.1, 0.15) is 11.4 Å². The number of nitrogens with zero attached hydrogens (tertiary/aromatic N) is 4. The minimum Gasteiger partial charge on any atom is -0.350 e. The molecule has 2 heterocycles. The summed E-state index contributed by atoms with van der Waals surface area (Å²) in [6.07, 6.45) is -3.12. The Labute approximate surface area is 141 Å². The zero-order valence-corrected chi connectivity index (χ0v) is 14.1. The summed E-state index contributed by atoms with van der Waals surface area (Å²) in [5.41, 5.74) is -0.303.